The molecule has 0 aliphatic rings. The van der Waals surface area contributed by atoms with Gasteiger partial charge in [0.25, 0.3) is 0 Å². The standard InChI is InChI=1S/C9H10S.C6H11N/c1-7-4-3-5-9(6-7)8(2)10;1-5(2)4-6(3)7/h3-6,10H,2H2,1H3;4,7H,1-3H3. The van der Waals surface area contributed by atoms with Crippen LogP contribution in [0.3, 0.4) is 0 Å². The van der Waals surface area contributed by atoms with Crippen molar-refractivity contribution in [1.29, 1.82) is 5.41 Å². The summed E-state index contributed by atoms with van der Waals surface area (Å²) in [7, 11) is 0. The minimum atomic E-state index is 0.625. The summed E-state index contributed by atoms with van der Waals surface area (Å²) in [5.41, 5.74) is 4.16. The first-order valence-corrected chi connectivity index (χ1v) is 5.92. The Balaban J connectivity index is 0.000000325. The molecule has 17 heavy (non-hydrogen) atoms. The van der Waals surface area contributed by atoms with E-state index in [1.807, 2.05) is 32.1 Å². The SMILES string of the molecule is C=C(S)c1cccc(C)c1.CC(=N)C=C(C)C. The summed E-state index contributed by atoms with van der Waals surface area (Å²) in [6.45, 7) is 11.5. The monoisotopic (exact) mass is 247 g/mol. The zero-order valence-electron chi connectivity index (χ0n) is 11.0. The smallest absolute Gasteiger partial charge is 0.0282 e. The average Bonchev–Trinajstić information content (AvgIpc) is 2.16. The normalized spacial score (nSPS) is 8.76. The highest BCUT2D eigenvalue weighted by Crippen LogP contribution is 2.16. The Hall–Kier alpha value is -1.28. The van der Waals surface area contributed by atoms with Gasteiger partial charge in [-0.05, 0) is 39.3 Å². The molecule has 1 rings (SSSR count). The Bertz CT molecular complexity index is 426. The third-order valence-corrected chi connectivity index (χ3v) is 2.11. The Kier molecular flexibility index (Phi) is 7.31. The van der Waals surface area contributed by atoms with Crippen molar-refractivity contribution < 1.29 is 0 Å². The van der Waals surface area contributed by atoms with Crippen molar-refractivity contribution in [2.45, 2.75) is 27.7 Å². The molecule has 0 amide bonds. The van der Waals surface area contributed by atoms with Crippen molar-refractivity contribution in [2.75, 3.05) is 0 Å². The molecule has 0 aliphatic carbocycles. The van der Waals surface area contributed by atoms with Gasteiger partial charge >= 0.3 is 0 Å². The van der Waals surface area contributed by atoms with E-state index in [2.05, 4.69) is 38.3 Å². The molecular weight excluding hydrogens is 226 g/mol. The highest BCUT2D eigenvalue weighted by atomic mass is 32.1. The zero-order valence-corrected chi connectivity index (χ0v) is 11.9. The lowest BCUT2D eigenvalue weighted by Crippen LogP contribution is -1.78. The molecule has 0 heterocycles. The minimum Gasteiger partial charge on any atom is -0.306 e. The quantitative estimate of drug-likeness (QED) is 0.549. The third-order valence-electron chi connectivity index (χ3n) is 1.86. The van der Waals surface area contributed by atoms with Crippen LogP contribution < -0.4 is 0 Å². The largest absolute Gasteiger partial charge is 0.306 e. The fourth-order valence-corrected chi connectivity index (χ4v) is 1.40. The molecule has 0 fully saturated rings. The van der Waals surface area contributed by atoms with E-state index in [0.717, 1.165) is 10.5 Å². The van der Waals surface area contributed by atoms with Crippen LogP contribution in [-0.4, -0.2) is 5.71 Å². The van der Waals surface area contributed by atoms with Crippen LogP contribution >= 0.6 is 12.6 Å². The molecule has 1 aromatic rings. The van der Waals surface area contributed by atoms with Gasteiger partial charge in [0, 0.05) is 10.6 Å². The molecule has 0 saturated heterocycles. The molecule has 1 N–H and O–H groups in total. The first-order chi connectivity index (χ1) is 7.82. The molecule has 0 radical (unpaired) electrons. The van der Waals surface area contributed by atoms with Gasteiger partial charge in [0.2, 0.25) is 0 Å². The van der Waals surface area contributed by atoms with Gasteiger partial charge in [-0.2, -0.15) is 0 Å². The van der Waals surface area contributed by atoms with Gasteiger partial charge in [0.05, 0.1) is 0 Å². The van der Waals surface area contributed by atoms with Crippen molar-refractivity contribution in [3.05, 3.63) is 53.6 Å². The van der Waals surface area contributed by atoms with Crippen LogP contribution in [0.4, 0.5) is 0 Å². The molecule has 2 heteroatoms. The summed E-state index contributed by atoms with van der Waals surface area (Å²) in [6, 6.07) is 8.13. The van der Waals surface area contributed by atoms with Gasteiger partial charge in [0.15, 0.2) is 0 Å². The third kappa shape index (κ3) is 8.52. The van der Waals surface area contributed by atoms with E-state index in [9.17, 15) is 0 Å². The second-order valence-corrected chi connectivity index (χ2v) is 4.76. The van der Waals surface area contributed by atoms with E-state index in [-0.39, 0.29) is 0 Å². The molecular formula is C15H21NS. The molecule has 0 spiro atoms. The highest BCUT2D eigenvalue weighted by Gasteiger charge is 1.91. The highest BCUT2D eigenvalue weighted by molar-refractivity contribution is 7.90. The van der Waals surface area contributed by atoms with E-state index in [1.165, 1.54) is 11.1 Å². The van der Waals surface area contributed by atoms with Crippen LogP contribution in [0.25, 0.3) is 4.91 Å². The van der Waals surface area contributed by atoms with Crippen LogP contribution in [0.5, 0.6) is 0 Å². The molecule has 0 aliphatic heterocycles. The number of rotatable bonds is 2. The number of hydrogen-bond acceptors (Lipinski definition) is 2. The lowest BCUT2D eigenvalue weighted by molar-refractivity contribution is 1.38. The van der Waals surface area contributed by atoms with Gasteiger partial charge in [-0.15, -0.1) is 12.6 Å². The van der Waals surface area contributed by atoms with Crippen LogP contribution in [-0.2, 0) is 0 Å². The number of allylic oxidation sites excluding steroid dienone is 2. The zero-order chi connectivity index (χ0) is 13.4. The van der Waals surface area contributed by atoms with Crippen molar-refractivity contribution in [1.82, 2.24) is 0 Å². The van der Waals surface area contributed by atoms with Crippen LogP contribution in [0, 0.1) is 12.3 Å². The molecule has 0 saturated carbocycles. The average molecular weight is 247 g/mol. The Labute approximate surface area is 110 Å². The second kappa shape index (κ2) is 7.91. The van der Waals surface area contributed by atoms with Gasteiger partial charge in [0.1, 0.15) is 0 Å². The van der Waals surface area contributed by atoms with Crippen LogP contribution in [0.15, 0.2) is 42.5 Å². The van der Waals surface area contributed by atoms with E-state index < -0.39 is 0 Å². The maximum atomic E-state index is 6.95. The molecule has 1 nitrogen and oxygen atoms in total. The number of aryl methyl sites for hydroxylation is 1. The Morgan fingerprint density at radius 3 is 2.12 bits per heavy atom. The summed E-state index contributed by atoms with van der Waals surface area (Å²) in [6.07, 6.45) is 1.83. The van der Waals surface area contributed by atoms with E-state index in [0.29, 0.717) is 5.71 Å². The summed E-state index contributed by atoms with van der Waals surface area (Å²) in [4.78, 5) is 0.823. The molecule has 92 valence electrons. The molecule has 1 aromatic carbocycles. The first kappa shape index (κ1) is 15.7. The first-order valence-electron chi connectivity index (χ1n) is 5.48. The van der Waals surface area contributed by atoms with E-state index in [1.54, 1.807) is 6.92 Å². The van der Waals surface area contributed by atoms with Crippen molar-refractivity contribution in [3.8, 4) is 0 Å². The number of benzene rings is 1. The Morgan fingerprint density at radius 1 is 1.29 bits per heavy atom. The van der Waals surface area contributed by atoms with E-state index in [4.69, 9.17) is 5.41 Å². The summed E-state index contributed by atoms with van der Waals surface area (Å²) in [5, 5.41) is 6.95. The summed E-state index contributed by atoms with van der Waals surface area (Å²) < 4.78 is 0. The maximum Gasteiger partial charge on any atom is 0.0282 e. The minimum absolute atomic E-state index is 0.625. The van der Waals surface area contributed by atoms with Crippen molar-refractivity contribution in [2.24, 2.45) is 0 Å². The fourth-order valence-electron chi connectivity index (χ4n) is 1.26. The summed E-state index contributed by atoms with van der Waals surface area (Å²) in [5.74, 6) is 0. The van der Waals surface area contributed by atoms with Crippen LogP contribution in [0.2, 0.25) is 0 Å². The number of thiol groups is 1. The summed E-state index contributed by atoms with van der Waals surface area (Å²) >= 11 is 4.14. The van der Waals surface area contributed by atoms with Crippen LogP contribution in [0.1, 0.15) is 31.9 Å². The number of nitrogens with one attached hydrogen (secondary N) is 1. The number of hydrogen-bond donors (Lipinski definition) is 2. The van der Waals surface area contributed by atoms with Gasteiger partial charge in [-0.1, -0.05) is 42.0 Å². The van der Waals surface area contributed by atoms with Gasteiger partial charge < -0.3 is 5.41 Å². The predicted molar refractivity (Wildman–Crippen MR) is 82.0 cm³/mol. The van der Waals surface area contributed by atoms with Crippen molar-refractivity contribution >= 4 is 23.2 Å². The fraction of sp³-hybridized carbons (Fsp3) is 0.267. The van der Waals surface area contributed by atoms with Gasteiger partial charge in [-0.3, -0.25) is 0 Å². The molecule has 0 atom stereocenters. The van der Waals surface area contributed by atoms with Crippen molar-refractivity contribution in [3.63, 3.8) is 0 Å². The second-order valence-electron chi connectivity index (χ2n) is 4.22. The topological polar surface area (TPSA) is 23.9 Å². The Morgan fingerprint density at radius 2 is 1.88 bits per heavy atom. The maximum absolute atomic E-state index is 6.95. The predicted octanol–water partition coefficient (Wildman–Crippen LogP) is 4.89. The lowest BCUT2D eigenvalue weighted by atomic mass is 10.1. The van der Waals surface area contributed by atoms with E-state index >= 15 is 0 Å². The lowest BCUT2D eigenvalue weighted by Gasteiger charge is -1.98. The molecule has 0 bridgehead atoms. The van der Waals surface area contributed by atoms with Gasteiger partial charge in [-0.25, -0.2) is 0 Å². The molecule has 0 unspecified atom stereocenters. The molecule has 0 aromatic heterocycles.